The van der Waals surface area contributed by atoms with E-state index in [1.165, 1.54) is 0 Å². The molecular formula is C22H23N3O3. The molecule has 1 aromatic heterocycles. The zero-order valence-electron chi connectivity index (χ0n) is 15.8. The molecule has 0 spiro atoms. The van der Waals surface area contributed by atoms with E-state index in [-0.39, 0.29) is 12.0 Å². The first-order chi connectivity index (χ1) is 13.7. The summed E-state index contributed by atoms with van der Waals surface area (Å²) in [6.07, 6.45) is 0.0282. The maximum Gasteiger partial charge on any atom is 0.234 e. The molecule has 144 valence electrons. The second-order valence-electron chi connectivity index (χ2n) is 7.03. The number of ether oxygens (including phenoxy) is 1. The standard InChI is InChI=1S/C22H23N3O3/c1-16-13-25(14-18-9-5-6-10-20(18)27-16)15-22(26)23-12-19-11-21(28-24-19)17-7-3-2-4-8-17/h2-11,16H,12-15H2,1H3,(H,23,26). The normalized spacial score (nSPS) is 16.7. The lowest BCUT2D eigenvalue weighted by Gasteiger charge is -2.21. The monoisotopic (exact) mass is 377 g/mol. The molecule has 2 aromatic carbocycles. The fourth-order valence-corrected chi connectivity index (χ4v) is 3.37. The Labute approximate surface area is 164 Å². The first kappa shape index (κ1) is 18.3. The first-order valence-corrected chi connectivity index (χ1v) is 9.42. The third kappa shape index (κ3) is 4.40. The number of aromatic nitrogens is 1. The molecule has 1 atom stereocenters. The number of hydrogen-bond donors (Lipinski definition) is 1. The number of rotatable bonds is 5. The number of para-hydroxylation sites is 1. The highest BCUT2D eigenvalue weighted by Crippen LogP contribution is 2.24. The van der Waals surface area contributed by atoms with E-state index in [9.17, 15) is 4.79 Å². The number of carbonyl (C=O) groups excluding carboxylic acids is 1. The van der Waals surface area contributed by atoms with Gasteiger partial charge in [-0.3, -0.25) is 9.69 Å². The van der Waals surface area contributed by atoms with Gasteiger partial charge in [0, 0.05) is 30.3 Å². The maximum absolute atomic E-state index is 12.4. The van der Waals surface area contributed by atoms with Crippen LogP contribution in [0.1, 0.15) is 18.2 Å². The van der Waals surface area contributed by atoms with Crippen molar-refractivity contribution in [1.29, 1.82) is 0 Å². The second kappa shape index (κ2) is 8.27. The van der Waals surface area contributed by atoms with Crippen LogP contribution >= 0.6 is 0 Å². The van der Waals surface area contributed by atoms with Crippen molar-refractivity contribution in [2.75, 3.05) is 13.1 Å². The van der Waals surface area contributed by atoms with Gasteiger partial charge in [0.05, 0.1) is 13.1 Å². The third-order valence-corrected chi connectivity index (χ3v) is 4.66. The summed E-state index contributed by atoms with van der Waals surface area (Å²) in [5.74, 6) is 1.55. The van der Waals surface area contributed by atoms with Crippen molar-refractivity contribution in [3.8, 4) is 17.1 Å². The number of hydrogen-bond acceptors (Lipinski definition) is 5. The van der Waals surface area contributed by atoms with Gasteiger partial charge in [0.1, 0.15) is 17.5 Å². The summed E-state index contributed by atoms with van der Waals surface area (Å²) >= 11 is 0. The molecule has 1 N–H and O–H groups in total. The fourth-order valence-electron chi connectivity index (χ4n) is 3.37. The maximum atomic E-state index is 12.4. The topological polar surface area (TPSA) is 67.6 Å². The van der Waals surface area contributed by atoms with E-state index in [1.807, 2.05) is 67.6 Å². The largest absolute Gasteiger partial charge is 0.489 e. The summed E-state index contributed by atoms with van der Waals surface area (Å²) in [7, 11) is 0. The van der Waals surface area contributed by atoms with Crippen LogP contribution in [0.5, 0.6) is 5.75 Å². The van der Waals surface area contributed by atoms with Crippen molar-refractivity contribution in [2.24, 2.45) is 0 Å². The number of carbonyl (C=O) groups is 1. The minimum atomic E-state index is -0.0455. The van der Waals surface area contributed by atoms with Gasteiger partial charge in [-0.2, -0.15) is 0 Å². The van der Waals surface area contributed by atoms with E-state index in [0.717, 1.165) is 16.9 Å². The highest BCUT2D eigenvalue weighted by molar-refractivity contribution is 5.78. The summed E-state index contributed by atoms with van der Waals surface area (Å²) < 4.78 is 11.3. The average Bonchev–Trinajstić information content (AvgIpc) is 3.11. The summed E-state index contributed by atoms with van der Waals surface area (Å²) in [5, 5.41) is 6.97. The van der Waals surface area contributed by atoms with Gasteiger partial charge >= 0.3 is 0 Å². The number of fused-ring (bicyclic) bond motifs is 1. The highest BCUT2D eigenvalue weighted by Gasteiger charge is 2.21. The zero-order valence-corrected chi connectivity index (χ0v) is 15.8. The zero-order chi connectivity index (χ0) is 19.3. The van der Waals surface area contributed by atoms with Crippen LogP contribution < -0.4 is 10.1 Å². The predicted octanol–water partition coefficient (Wildman–Crippen LogP) is 3.24. The molecule has 0 bridgehead atoms. The molecule has 0 saturated carbocycles. The van der Waals surface area contributed by atoms with Crippen LogP contribution in [0.2, 0.25) is 0 Å². The highest BCUT2D eigenvalue weighted by atomic mass is 16.5. The molecule has 3 aromatic rings. The van der Waals surface area contributed by atoms with Gasteiger partial charge in [-0.1, -0.05) is 53.7 Å². The molecule has 1 aliphatic heterocycles. The summed E-state index contributed by atoms with van der Waals surface area (Å²) in [6, 6.07) is 19.6. The molecule has 2 heterocycles. The summed E-state index contributed by atoms with van der Waals surface area (Å²) in [4.78, 5) is 14.5. The Morgan fingerprint density at radius 3 is 2.82 bits per heavy atom. The van der Waals surface area contributed by atoms with Crippen molar-refractivity contribution < 1.29 is 14.1 Å². The molecule has 0 saturated heterocycles. The number of amides is 1. The van der Waals surface area contributed by atoms with Crippen LogP contribution in [-0.4, -0.2) is 35.2 Å². The second-order valence-corrected chi connectivity index (χ2v) is 7.03. The van der Waals surface area contributed by atoms with E-state index in [4.69, 9.17) is 9.26 Å². The Hall–Kier alpha value is -3.12. The van der Waals surface area contributed by atoms with Gasteiger partial charge in [0.25, 0.3) is 0 Å². The molecule has 1 unspecified atom stereocenters. The van der Waals surface area contributed by atoms with Crippen molar-refractivity contribution in [2.45, 2.75) is 26.1 Å². The third-order valence-electron chi connectivity index (χ3n) is 4.66. The van der Waals surface area contributed by atoms with Gasteiger partial charge < -0.3 is 14.6 Å². The Morgan fingerprint density at radius 2 is 1.96 bits per heavy atom. The van der Waals surface area contributed by atoms with Crippen molar-refractivity contribution in [3.05, 3.63) is 71.9 Å². The molecule has 1 aliphatic rings. The van der Waals surface area contributed by atoms with Gasteiger partial charge in [0.2, 0.25) is 5.91 Å². The number of nitrogens with one attached hydrogen (secondary N) is 1. The molecule has 28 heavy (non-hydrogen) atoms. The number of benzene rings is 2. The fraction of sp³-hybridized carbons (Fsp3) is 0.273. The smallest absolute Gasteiger partial charge is 0.234 e. The van der Waals surface area contributed by atoms with Crippen molar-refractivity contribution >= 4 is 5.91 Å². The minimum absolute atomic E-state index is 0.0282. The van der Waals surface area contributed by atoms with Crippen LogP contribution in [0.4, 0.5) is 0 Å². The quantitative estimate of drug-likeness (QED) is 0.739. The van der Waals surface area contributed by atoms with Gasteiger partial charge in [0.15, 0.2) is 5.76 Å². The van der Waals surface area contributed by atoms with E-state index in [2.05, 4.69) is 15.4 Å². The Morgan fingerprint density at radius 1 is 1.18 bits per heavy atom. The molecule has 4 rings (SSSR count). The molecule has 0 aliphatic carbocycles. The molecule has 6 nitrogen and oxygen atoms in total. The van der Waals surface area contributed by atoms with E-state index in [1.54, 1.807) is 0 Å². The summed E-state index contributed by atoms with van der Waals surface area (Å²) in [5.41, 5.74) is 2.76. The van der Waals surface area contributed by atoms with E-state index >= 15 is 0 Å². The van der Waals surface area contributed by atoms with Gasteiger partial charge in [-0.05, 0) is 13.0 Å². The molecule has 0 fully saturated rings. The lowest BCUT2D eigenvalue weighted by Crippen LogP contribution is -2.39. The minimum Gasteiger partial charge on any atom is -0.489 e. The summed E-state index contributed by atoms with van der Waals surface area (Å²) in [6.45, 7) is 4.06. The molecule has 1 amide bonds. The Balaban J connectivity index is 1.33. The van der Waals surface area contributed by atoms with Gasteiger partial charge in [-0.25, -0.2) is 0 Å². The van der Waals surface area contributed by atoms with Crippen molar-refractivity contribution in [3.63, 3.8) is 0 Å². The lowest BCUT2D eigenvalue weighted by molar-refractivity contribution is -0.122. The van der Waals surface area contributed by atoms with Crippen molar-refractivity contribution in [1.82, 2.24) is 15.4 Å². The number of nitrogens with zero attached hydrogens (tertiary/aromatic N) is 2. The Bertz CT molecular complexity index is 939. The molecule has 0 radical (unpaired) electrons. The van der Waals surface area contributed by atoms with E-state index in [0.29, 0.717) is 37.6 Å². The SMILES string of the molecule is CC1CN(CC(=O)NCc2cc(-c3ccccc3)on2)Cc2ccccc2O1. The van der Waals surface area contributed by atoms with Crippen LogP contribution in [0, 0.1) is 0 Å². The molecule has 6 heteroatoms. The lowest BCUT2D eigenvalue weighted by atomic mass is 10.1. The molecular weight excluding hydrogens is 354 g/mol. The van der Waals surface area contributed by atoms with Crippen LogP contribution in [0.3, 0.4) is 0 Å². The Kier molecular flexibility index (Phi) is 5.39. The van der Waals surface area contributed by atoms with Crippen LogP contribution in [0.15, 0.2) is 65.2 Å². The first-order valence-electron chi connectivity index (χ1n) is 9.42. The van der Waals surface area contributed by atoms with E-state index < -0.39 is 0 Å². The predicted molar refractivity (Wildman–Crippen MR) is 106 cm³/mol. The van der Waals surface area contributed by atoms with Crippen LogP contribution in [0.25, 0.3) is 11.3 Å². The van der Waals surface area contributed by atoms with Crippen LogP contribution in [-0.2, 0) is 17.9 Å². The van der Waals surface area contributed by atoms with Gasteiger partial charge in [-0.15, -0.1) is 0 Å². The average molecular weight is 377 g/mol.